The van der Waals surface area contributed by atoms with Gasteiger partial charge in [0.15, 0.2) is 0 Å². The normalized spacial score (nSPS) is 17.9. The number of piperidine rings is 1. The first kappa shape index (κ1) is 30.9. The first-order chi connectivity index (χ1) is 21.2. The van der Waals surface area contributed by atoms with Crippen molar-refractivity contribution in [3.63, 3.8) is 0 Å². The summed E-state index contributed by atoms with van der Waals surface area (Å²) in [4.78, 5) is 16.1. The van der Waals surface area contributed by atoms with Gasteiger partial charge in [-0.2, -0.15) is 0 Å². The molecule has 7 nitrogen and oxygen atoms in total. The van der Waals surface area contributed by atoms with Gasteiger partial charge >= 0.3 is 0 Å². The molecule has 1 amide bonds. The minimum atomic E-state index is -4.00. The van der Waals surface area contributed by atoms with Crippen molar-refractivity contribution in [2.45, 2.75) is 55.6 Å². The zero-order chi connectivity index (χ0) is 30.7. The Hall–Kier alpha value is -3.14. The highest BCUT2D eigenvalue weighted by Gasteiger charge is 2.28. The molecule has 0 saturated carbocycles. The molecule has 2 aliphatic heterocycles. The summed E-state index contributed by atoms with van der Waals surface area (Å²) >= 11 is 12.5. The van der Waals surface area contributed by atoms with E-state index >= 15 is 0 Å². The second kappa shape index (κ2) is 13.5. The van der Waals surface area contributed by atoms with Crippen LogP contribution in [-0.2, 0) is 21.4 Å². The van der Waals surface area contributed by atoms with Crippen LogP contribution in [-0.4, -0.2) is 38.9 Å². The van der Waals surface area contributed by atoms with Crippen LogP contribution in [0.3, 0.4) is 0 Å². The van der Waals surface area contributed by atoms with Crippen LogP contribution >= 0.6 is 23.2 Å². The van der Waals surface area contributed by atoms with E-state index in [-0.39, 0.29) is 28.3 Å². The van der Waals surface area contributed by atoms with E-state index in [9.17, 15) is 13.2 Å². The Kier molecular flexibility index (Phi) is 9.45. The van der Waals surface area contributed by atoms with Crippen LogP contribution in [0.4, 0.5) is 0 Å². The van der Waals surface area contributed by atoms with Crippen molar-refractivity contribution in [2.75, 3.05) is 19.7 Å². The van der Waals surface area contributed by atoms with E-state index in [0.29, 0.717) is 23.6 Å². The molecule has 2 unspecified atom stereocenters. The van der Waals surface area contributed by atoms with E-state index in [1.807, 2.05) is 30.3 Å². The molecule has 0 radical (unpaired) electrons. The second-order valence-corrected chi connectivity index (χ2v) is 14.1. The molecule has 10 heteroatoms. The number of halogens is 2. The summed E-state index contributed by atoms with van der Waals surface area (Å²) in [6, 6.07) is 22.5. The zero-order valence-electron chi connectivity index (χ0n) is 24.3. The Balaban J connectivity index is 1.20. The molecular formula is C34H35Cl2N3O4S. The largest absolute Gasteiger partial charge is 0.493 e. The Morgan fingerprint density at radius 1 is 0.909 bits per heavy atom. The third kappa shape index (κ3) is 7.22. The van der Waals surface area contributed by atoms with E-state index in [1.54, 1.807) is 36.4 Å². The molecule has 0 aromatic heterocycles. The van der Waals surface area contributed by atoms with Gasteiger partial charge in [0, 0.05) is 24.9 Å². The highest BCUT2D eigenvalue weighted by molar-refractivity contribution is 7.89. The molecule has 2 atom stereocenters. The van der Waals surface area contributed by atoms with Crippen LogP contribution in [0.5, 0.6) is 5.75 Å². The van der Waals surface area contributed by atoms with Crippen LogP contribution in [0.1, 0.15) is 60.9 Å². The molecule has 2 N–H and O–H groups in total. The lowest BCUT2D eigenvalue weighted by Gasteiger charge is -2.29. The lowest BCUT2D eigenvalue weighted by molar-refractivity contribution is -0.122. The summed E-state index contributed by atoms with van der Waals surface area (Å²) in [7, 11) is -4.00. The van der Waals surface area contributed by atoms with Gasteiger partial charge in [-0.3, -0.25) is 9.69 Å². The molecule has 0 spiro atoms. The lowest BCUT2D eigenvalue weighted by Crippen LogP contribution is -2.36. The highest BCUT2D eigenvalue weighted by atomic mass is 35.5. The van der Waals surface area contributed by atoms with Gasteiger partial charge in [-0.05, 0) is 78.2 Å². The Morgan fingerprint density at radius 2 is 1.70 bits per heavy atom. The van der Waals surface area contributed by atoms with E-state index < -0.39 is 16.1 Å². The number of rotatable bonds is 9. The summed E-state index contributed by atoms with van der Waals surface area (Å²) in [5.74, 6) is 0.492. The molecule has 1 fully saturated rings. The van der Waals surface area contributed by atoms with Crippen LogP contribution in [0, 0.1) is 0 Å². The summed E-state index contributed by atoms with van der Waals surface area (Å²) < 4.78 is 35.9. The molecule has 2 heterocycles. The topological polar surface area (TPSA) is 87.7 Å². The first-order valence-corrected chi connectivity index (χ1v) is 17.2. The summed E-state index contributed by atoms with van der Waals surface area (Å²) in [6.07, 6.45) is 4.24. The molecule has 2 aliphatic rings. The van der Waals surface area contributed by atoms with Crippen LogP contribution < -0.4 is 14.8 Å². The van der Waals surface area contributed by atoms with Crippen LogP contribution in [0.15, 0.2) is 83.8 Å². The number of ether oxygens (including phenoxy) is 1. The fraction of sp³-hybridized carbons (Fsp3) is 0.324. The molecular weight excluding hydrogens is 617 g/mol. The fourth-order valence-electron chi connectivity index (χ4n) is 6.04. The number of amides is 1. The molecule has 6 rings (SSSR count). The van der Waals surface area contributed by atoms with Crippen molar-refractivity contribution in [3.05, 3.63) is 106 Å². The average Bonchev–Trinajstić information content (AvgIpc) is 3.02. The number of nitrogens with zero attached hydrogens (tertiary/aromatic N) is 1. The Labute approximate surface area is 268 Å². The molecule has 44 heavy (non-hydrogen) atoms. The van der Waals surface area contributed by atoms with Crippen molar-refractivity contribution in [2.24, 2.45) is 0 Å². The second-order valence-electron chi connectivity index (χ2n) is 11.5. The monoisotopic (exact) mass is 651 g/mol. The number of carbonyl (C=O) groups is 1. The van der Waals surface area contributed by atoms with Gasteiger partial charge in [0.2, 0.25) is 15.9 Å². The predicted octanol–water partition coefficient (Wildman–Crippen LogP) is 7.18. The fourth-order valence-corrected chi connectivity index (χ4v) is 7.61. The van der Waals surface area contributed by atoms with Gasteiger partial charge in [-0.15, -0.1) is 0 Å². The van der Waals surface area contributed by atoms with Gasteiger partial charge in [-0.25, -0.2) is 13.1 Å². The number of hydrogen-bond acceptors (Lipinski definition) is 5. The average molecular weight is 653 g/mol. The van der Waals surface area contributed by atoms with E-state index in [4.69, 9.17) is 27.9 Å². The number of sulfonamides is 1. The molecule has 0 bridgehead atoms. The smallest absolute Gasteiger partial charge is 0.241 e. The minimum absolute atomic E-state index is 0.111. The van der Waals surface area contributed by atoms with E-state index in [2.05, 4.69) is 27.1 Å². The van der Waals surface area contributed by atoms with Gasteiger partial charge in [0.05, 0.1) is 33.6 Å². The minimum Gasteiger partial charge on any atom is -0.493 e. The van der Waals surface area contributed by atoms with Crippen molar-refractivity contribution >= 4 is 49.9 Å². The van der Waals surface area contributed by atoms with E-state index in [0.717, 1.165) is 41.7 Å². The maximum Gasteiger partial charge on any atom is 0.241 e. The van der Waals surface area contributed by atoms with Crippen molar-refractivity contribution in [3.8, 4) is 5.75 Å². The third-order valence-corrected chi connectivity index (χ3v) is 10.6. The van der Waals surface area contributed by atoms with Crippen LogP contribution in [0.2, 0.25) is 10.0 Å². The zero-order valence-corrected chi connectivity index (χ0v) is 26.6. The summed E-state index contributed by atoms with van der Waals surface area (Å²) in [5, 5.41) is 5.48. The quantitative estimate of drug-likeness (QED) is 0.200. The Morgan fingerprint density at radius 3 is 2.50 bits per heavy atom. The Bertz CT molecular complexity index is 1780. The maximum absolute atomic E-state index is 13.6. The number of nitrogens with one attached hydrogen (secondary N) is 2. The van der Waals surface area contributed by atoms with Gasteiger partial charge < -0.3 is 10.1 Å². The maximum atomic E-state index is 13.6. The number of benzene rings is 4. The summed E-state index contributed by atoms with van der Waals surface area (Å²) in [6.45, 7) is 3.59. The number of carbonyl (C=O) groups excluding carboxylic acids is 1. The SMILES string of the molecule is O=C(CC(NS(=O)(=O)c1ccc2ccccc2c1)c1ccc(Cl)c(Cl)c1)NC1CCOc2cc(CN3CCCCC3)ccc21. The number of likely N-dealkylation sites (tertiary alicyclic amines) is 1. The molecule has 0 aliphatic carbocycles. The highest BCUT2D eigenvalue weighted by Crippen LogP contribution is 2.34. The predicted molar refractivity (Wildman–Crippen MR) is 175 cm³/mol. The van der Waals surface area contributed by atoms with Crippen molar-refractivity contribution in [1.82, 2.24) is 14.9 Å². The summed E-state index contributed by atoms with van der Waals surface area (Å²) in [5.41, 5.74) is 2.66. The van der Waals surface area contributed by atoms with Gasteiger partial charge in [0.1, 0.15) is 5.75 Å². The standard InChI is InChI=1S/C34H35Cl2N3O4S/c35-29-13-10-26(20-30(29)36)32(38-44(41,42)27-11-9-24-6-2-3-7-25(24)19-27)21-34(40)37-31-14-17-43-33-18-23(8-12-28(31)33)22-39-15-4-1-5-16-39/h2-3,6-13,18-20,31-32,38H,1,4-5,14-17,21-22H2,(H,37,40). The molecule has 230 valence electrons. The number of hydrogen-bond donors (Lipinski definition) is 2. The van der Waals surface area contributed by atoms with Crippen molar-refractivity contribution in [1.29, 1.82) is 0 Å². The van der Waals surface area contributed by atoms with Gasteiger partial charge in [0.25, 0.3) is 0 Å². The third-order valence-electron chi connectivity index (χ3n) is 8.37. The van der Waals surface area contributed by atoms with Crippen molar-refractivity contribution < 1.29 is 17.9 Å². The lowest BCUT2D eigenvalue weighted by atomic mass is 9.97. The van der Waals surface area contributed by atoms with Gasteiger partial charge in [-0.1, -0.05) is 78.2 Å². The molecule has 4 aromatic carbocycles. The molecule has 4 aromatic rings. The van der Waals surface area contributed by atoms with E-state index in [1.165, 1.54) is 24.8 Å². The first-order valence-electron chi connectivity index (χ1n) is 15.0. The van der Waals surface area contributed by atoms with Crippen LogP contribution in [0.25, 0.3) is 10.8 Å². The number of fused-ring (bicyclic) bond motifs is 2. The molecule has 1 saturated heterocycles.